The summed E-state index contributed by atoms with van der Waals surface area (Å²) in [7, 11) is 1.50. The molecule has 7 nitrogen and oxygen atoms in total. The molecule has 0 saturated carbocycles. The fourth-order valence-electron chi connectivity index (χ4n) is 3.04. The molecular formula is C23H22Cl2N4O3. The molecule has 3 aromatic rings. The van der Waals surface area contributed by atoms with E-state index in [0.29, 0.717) is 45.1 Å². The Balaban J connectivity index is 1.75. The summed E-state index contributed by atoms with van der Waals surface area (Å²) in [6.45, 7) is 3.70. The number of benzene rings is 2. The number of ether oxygens (including phenoxy) is 1. The fraction of sp³-hybridized carbons (Fsp3) is 0.174. The van der Waals surface area contributed by atoms with Gasteiger partial charge in [0.15, 0.2) is 0 Å². The average Bonchev–Trinajstić information content (AvgIpc) is 3.00. The van der Waals surface area contributed by atoms with Gasteiger partial charge in [-0.15, -0.1) is 0 Å². The molecule has 32 heavy (non-hydrogen) atoms. The highest BCUT2D eigenvalue weighted by molar-refractivity contribution is 6.31. The van der Waals surface area contributed by atoms with Gasteiger partial charge in [-0.2, -0.15) is 5.10 Å². The Hall–Kier alpha value is -3.29. The van der Waals surface area contributed by atoms with Crippen molar-refractivity contribution in [3.05, 3.63) is 75.5 Å². The molecule has 0 aliphatic rings. The van der Waals surface area contributed by atoms with E-state index in [1.54, 1.807) is 29.0 Å². The Bertz CT molecular complexity index is 1170. The summed E-state index contributed by atoms with van der Waals surface area (Å²) in [6.07, 6.45) is 2.98. The first kappa shape index (κ1) is 23.4. The van der Waals surface area contributed by atoms with Crippen molar-refractivity contribution in [3.63, 3.8) is 0 Å². The molecule has 0 aliphatic carbocycles. The van der Waals surface area contributed by atoms with E-state index in [1.807, 2.05) is 31.2 Å². The van der Waals surface area contributed by atoms with Gasteiger partial charge in [0, 0.05) is 29.3 Å². The van der Waals surface area contributed by atoms with Gasteiger partial charge in [-0.1, -0.05) is 35.3 Å². The molecule has 1 aromatic heterocycles. The second-order valence-electron chi connectivity index (χ2n) is 6.99. The van der Waals surface area contributed by atoms with Crippen molar-refractivity contribution in [2.75, 3.05) is 17.7 Å². The van der Waals surface area contributed by atoms with Crippen LogP contribution in [0.5, 0.6) is 5.75 Å². The van der Waals surface area contributed by atoms with E-state index in [4.69, 9.17) is 27.9 Å². The van der Waals surface area contributed by atoms with Crippen LogP contribution in [0.2, 0.25) is 10.2 Å². The Kier molecular flexibility index (Phi) is 7.56. The molecule has 0 atom stereocenters. The lowest BCUT2D eigenvalue weighted by atomic mass is 10.2. The van der Waals surface area contributed by atoms with Crippen LogP contribution in [0.25, 0.3) is 6.08 Å². The number of amides is 2. The van der Waals surface area contributed by atoms with Gasteiger partial charge in [-0.3, -0.25) is 9.59 Å². The molecule has 0 bridgehead atoms. The second-order valence-corrected chi connectivity index (χ2v) is 7.79. The zero-order valence-corrected chi connectivity index (χ0v) is 19.3. The van der Waals surface area contributed by atoms with E-state index in [2.05, 4.69) is 15.7 Å². The number of aromatic nitrogens is 2. The van der Waals surface area contributed by atoms with Crippen molar-refractivity contribution < 1.29 is 14.3 Å². The van der Waals surface area contributed by atoms with Crippen LogP contribution >= 0.6 is 23.2 Å². The molecule has 2 aromatic carbocycles. The van der Waals surface area contributed by atoms with E-state index in [9.17, 15) is 9.59 Å². The van der Waals surface area contributed by atoms with Gasteiger partial charge in [-0.05, 0) is 48.9 Å². The minimum absolute atomic E-state index is 0.215. The highest BCUT2D eigenvalue weighted by Gasteiger charge is 2.13. The molecule has 2 N–H and O–H groups in total. The number of anilines is 2. The molecule has 0 spiro atoms. The van der Waals surface area contributed by atoms with E-state index < -0.39 is 0 Å². The monoisotopic (exact) mass is 472 g/mol. The maximum absolute atomic E-state index is 12.5. The van der Waals surface area contributed by atoms with Crippen LogP contribution in [-0.2, 0) is 16.1 Å². The van der Waals surface area contributed by atoms with E-state index in [0.717, 1.165) is 5.56 Å². The number of carbonyl (C=O) groups excluding carboxylic acids is 2. The predicted molar refractivity (Wildman–Crippen MR) is 127 cm³/mol. The van der Waals surface area contributed by atoms with E-state index >= 15 is 0 Å². The first-order chi connectivity index (χ1) is 15.3. The lowest BCUT2D eigenvalue weighted by Crippen LogP contribution is -2.11. The van der Waals surface area contributed by atoms with Gasteiger partial charge in [0.05, 0.1) is 25.0 Å². The van der Waals surface area contributed by atoms with Crippen LogP contribution in [0, 0.1) is 6.92 Å². The quantitative estimate of drug-likeness (QED) is 0.464. The van der Waals surface area contributed by atoms with Crippen molar-refractivity contribution >= 4 is 52.5 Å². The molecule has 0 saturated heterocycles. The highest BCUT2D eigenvalue weighted by Crippen LogP contribution is 2.28. The predicted octanol–water partition coefficient (Wildman–Crippen LogP) is 5.17. The number of halogens is 2. The van der Waals surface area contributed by atoms with E-state index in [1.165, 1.54) is 20.1 Å². The van der Waals surface area contributed by atoms with Gasteiger partial charge in [-0.25, -0.2) is 4.68 Å². The summed E-state index contributed by atoms with van der Waals surface area (Å²) >= 11 is 12.4. The normalized spacial score (nSPS) is 10.9. The number of hydrogen-bond acceptors (Lipinski definition) is 4. The summed E-state index contributed by atoms with van der Waals surface area (Å²) in [5.41, 5.74) is 3.31. The van der Waals surface area contributed by atoms with Gasteiger partial charge in [0.25, 0.3) is 0 Å². The number of nitrogens with one attached hydrogen (secondary N) is 2. The third kappa shape index (κ3) is 5.90. The van der Waals surface area contributed by atoms with E-state index in [-0.39, 0.29) is 11.8 Å². The Labute approximate surface area is 196 Å². The van der Waals surface area contributed by atoms with Crippen molar-refractivity contribution in [2.24, 2.45) is 0 Å². The molecule has 0 unspecified atom stereocenters. The Morgan fingerprint density at radius 1 is 1.12 bits per heavy atom. The largest absolute Gasteiger partial charge is 0.495 e. The van der Waals surface area contributed by atoms with Crippen molar-refractivity contribution in [1.29, 1.82) is 0 Å². The molecule has 0 radical (unpaired) electrons. The average molecular weight is 473 g/mol. The zero-order valence-electron chi connectivity index (χ0n) is 17.8. The number of nitrogens with zero attached hydrogens (tertiary/aromatic N) is 2. The SMILES string of the molecule is COc1ccc(NC(C)=O)cc1NC(=O)/C=C/c1c(C)nn(Cc2ccc(Cl)cc2)c1Cl. The fourth-order valence-corrected chi connectivity index (χ4v) is 3.47. The van der Waals surface area contributed by atoms with Crippen LogP contribution in [0.15, 0.2) is 48.5 Å². The van der Waals surface area contributed by atoms with Gasteiger partial charge in [0.1, 0.15) is 10.9 Å². The van der Waals surface area contributed by atoms with Crippen LogP contribution in [0.1, 0.15) is 23.7 Å². The van der Waals surface area contributed by atoms with Gasteiger partial charge < -0.3 is 15.4 Å². The minimum Gasteiger partial charge on any atom is -0.495 e. The number of carbonyl (C=O) groups is 2. The molecule has 2 amide bonds. The van der Waals surface area contributed by atoms with Crippen LogP contribution in [0.3, 0.4) is 0 Å². The highest BCUT2D eigenvalue weighted by atomic mass is 35.5. The maximum Gasteiger partial charge on any atom is 0.248 e. The minimum atomic E-state index is -0.385. The van der Waals surface area contributed by atoms with Gasteiger partial charge >= 0.3 is 0 Å². The van der Waals surface area contributed by atoms with Crippen molar-refractivity contribution in [2.45, 2.75) is 20.4 Å². The van der Waals surface area contributed by atoms with Crippen LogP contribution < -0.4 is 15.4 Å². The molecule has 1 heterocycles. The molecule has 9 heteroatoms. The smallest absolute Gasteiger partial charge is 0.248 e. The van der Waals surface area contributed by atoms with Gasteiger partial charge in [0.2, 0.25) is 11.8 Å². The lowest BCUT2D eigenvalue weighted by Gasteiger charge is -2.11. The standard InChI is InChI=1S/C23H22Cl2N4O3/c1-14-19(23(25)29(28-14)13-16-4-6-17(24)7-5-16)9-11-22(31)27-20-12-18(26-15(2)30)8-10-21(20)32-3/h4-12H,13H2,1-3H3,(H,26,30)(H,27,31)/b11-9+. The first-order valence-electron chi connectivity index (χ1n) is 9.69. The van der Waals surface area contributed by atoms with Crippen LogP contribution in [-0.4, -0.2) is 28.7 Å². The topological polar surface area (TPSA) is 85.2 Å². The third-order valence-electron chi connectivity index (χ3n) is 4.53. The lowest BCUT2D eigenvalue weighted by molar-refractivity contribution is -0.114. The first-order valence-corrected chi connectivity index (χ1v) is 10.4. The zero-order chi connectivity index (χ0) is 23.3. The second kappa shape index (κ2) is 10.3. The summed E-state index contributed by atoms with van der Waals surface area (Å²) in [6, 6.07) is 12.4. The molecule has 0 aliphatic heterocycles. The molecular weight excluding hydrogens is 451 g/mol. The van der Waals surface area contributed by atoms with Crippen molar-refractivity contribution in [1.82, 2.24) is 9.78 Å². The molecule has 3 rings (SSSR count). The number of aryl methyl sites for hydroxylation is 1. The summed E-state index contributed by atoms with van der Waals surface area (Å²) in [5, 5.41) is 11.0. The Morgan fingerprint density at radius 3 is 2.50 bits per heavy atom. The number of methoxy groups -OCH3 is 1. The Morgan fingerprint density at radius 2 is 1.84 bits per heavy atom. The number of rotatable bonds is 7. The third-order valence-corrected chi connectivity index (χ3v) is 5.18. The summed E-state index contributed by atoms with van der Waals surface area (Å²) in [5.74, 6) is -0.136. The molecule has 0 fully saturated rings. The summed E-state index contributed by atoms with van der Waals surface area (Å²) < 4.78 is 6.94. The molecule has 166 valence electrons. The van der Waals surface area contributed by atoms with Crippen LogP contribution in [0.4, 0.5) is 11.4 Å². The maximum atomic E-state index is 12.5. The number of hydrogen-bond donors (Lipinski definition) is 2. The summed E-state index contributed by atoms with van der Waals surface area (Å²) in [4.78, 5) is 23.8. The van der Waals surface area contributed by atoms with Crippen molar-refractivity contribution in [3.8, 4) is 5.75 Å².